The van der Waals surface area contributed by atoms with Crippen LogP contribution < -0.4 is 11.2 Å². The van der Waals surface area contributed by atoms with Crippen LogP contribution in [0.25, 0.3) is 11.2 Å². The first-order chi connectivity index (χ1) is 11.6. The molecule has 2 aromatic rings. The van der Waals surface area contributed by atoms with E-state index in [2.05, 4.69) is 14.9 Å². The largest absolute Gasteiger partial charge is 0.349 e. The minimum atomic E-state index is -0.469. The van der Waals surface area contributed by atoms with E-state index in [0.717, 1.165) is 19.6 Å². The number of halogens is 1. The smallest absolute Gasteiger partial charge is 0.329 e. The maximum atomic E-state index is 12.1. The maximum Gasteiger partial charge on any atom is 0.329 e. The summed E-state index contributed by atoms with van der Waals surface area (Å²) in [5.74, 6) is 0. The number of aromatic nitrogens is 4. The van der Waals surface area contributed by atoms with Crippen molar-refractivity contribution >= 4 is 23.6 Å². The van der Waals surface area contributed by atoms with Crippen LogP contribution in [0.1, 0.15) is 12.8 Å². The number of rotatable bonds is 4. The van der Waals surface area contributed by atoms with E-state index in [-0.39, 0.29) is 24.8 Å². The van der Waals surface area contributed by atoms with Gasteiger partial charge in [0.1, 0.15) is 6.10 Å². The molecule has 2 unspecified atom stereocenters. The molecule has 0 spiro atoms. The van der Waals surface area contributed by atoms with Crippen molar-refractivity contribution in [1.29, 1.82) is 0 Å². The van der Waals surface area contributed by atoms with E-state index in [1.165, 1.54) is 17.4 Å². The Labute approximate surface area is 150 Å². The molecule has 10 heteroatoms. The molecule has 1 N–H and O–H groups in total. The molecule has 0 amide bonds. The van der Waals surface area contributed by atoms with Gasteiger partial charge in [0, 0.05) is 13.6 Å². The molecule has 9 nitrogen and oxygen atoms in total. The van der Waals surface area contributed by atoms with Gasteiger partial charge in [-0.25, -0.2) is 9.78 Å². The molecular weight excluding hydrogens is 350 g/mol. The summed E-state index contributed by atoms with van der Waals surface area (Å²) in [6.45, 7) is 3.94. The molecule has 2 aromatic heterocycles. The molecule has 0 radical (unpaired) electrons. The topological polar surface area (TPSA) is 94.4 Å². The number of H-pyrrole nitrogens is 1. The molecule has 4 rings (SSSR count). The number of hydrogen-bond acceptors (Lipinski definition) is 6. The maximum absolute atomic E-state index is 12.1. The van der Waals surface area contributed by atoms with Crippen LogP contribution in [0.2, 0.25) is 0 Å². The molecule has 25 heavy (non-hydrogen) atoms. The number of aromatic amines is 1. The molecule has 2 aliphatic rings. The summed E-state index contributed by atoms with van der Waals surface area (Å²) in [6, 6.07) is 0. The van der Waals surface area contributed by atoms with E-state index < -0.39 is 11.2 Å². The SMILES string of the molecule is Cl.Cn1c(=O)[nH]c(=O)c2c1ncn2CC1COC(CN2CCCC2)O1. The lowest BCUT2D eigenvalue weighted by Gasteiger charge is -2.19. The van der Waals surface area contributed by atoms with Crippen molar-refractivity contribution in [3.05, 3.63) is 27.2 Å². The van der Waals surface area contributed by atoms with Crippen LogP contribution in [-0.2, 0) is 23.1 Å². The van der Waals surface area contributed by atoms with Crippen molar-refractivity contribution < 1.29 is 9.47 Å². The van der Waals surface area contributed by atoms with E-state index in [1.807, 2.05) is 0 Å². The van der Waals surface area contributed by atoms with Gasteiger partial charge in [-0.15, -0.1) is 12.4 Å². The second-order valence-electron chi connectivity index (χ2n) is 6.42. The van der Waals surface area contributed by atoms with Gasteiger partial charge in [-0.1, -0.05) is 0 Å². The molecule has 2 aliphatic heterocycles. The zero-order chi connectivity index (χ0) is 16.7. The summed E-state index contributed by atoms with van der Waals surface area (Å²) in [4.78, 5) is 32.6. The van der Waals surface area contributed by atoms with Crippen LogP contribution in [0, 0.1) is 0 Å². The predicted octanol–water partition coefficient (Wildman–Crippen LogP) is -0.318. The van der Waals surface area contributed by atoms with Crippen LogP contribution in [-0.4, -0.2) is 62.6 Å². The van der Waals surface area contributed by atoms with Gasteiger partial charge in [-0.05, 0) is 25.9 Å². The van der Waals surface area contributed by atoms with Gasteiger partial charge in [0.25, 0.3) is 5.56 Å². The van der Waals surface area contributed by atoms with Gasteiger partial charge in [0.05, 0.1) is 19.5 Å². The zero-order valence-corrected chi connectivity index (χ0v) is 14.8. The molecule has 0 aromatic carbocycles. The third-order valence-corrected chi connectivity index (χ3v) is 4.69. The monoisotopic (exact) mass is 371 g/mol. The van der Waals surface area contributed by atoms with E-state index >= 15 is 0 Å². The first kappa shape index (κ1) is 18.1. The Kier molecular flexibility index (Phi) is 5.28. The van der Waals surface area contributed by atoms with E-state index in [1.54, 1.807) is 17.9 Å². The Morgan fingerprint density at radius 3 is 2.80 bits per heavy atom. The van der Waals surface area contributed by atoms with Crippen molar-refractivity contribution in [1.82, 2.24) is 24.0 Å². The predicted molar refractivity (Wildman–Crippen MR) is 93.1 cm³/mol. The van der Waals surface area contributed by atoms with Gasteiger partial charge < -0.3 is 14.0 Å². The molecule has 0 saturated carbocycles. The minimum absolute atomic E-state index is 0. The van der Waals surface area contributed by atoms with Crippen LogP contribution in [0.4, 0.5) is 0 Å². The van der Waals surface area contributed by atoms with Gasteiger partial charge in [-0.2, -0.15) is 0 Å². The lowest BCUT2D eigenvalue weighted by atomic mass is 10.3. The fourth-order valence-electron chi connectivity index (χ4n) is 3.42. The fourth-order valence-corrected chi connectivity index (χ4v) is 3.42. The first-order valence-corrected chi connectivity index (χ1v) is 8.25. The molecule has 138 valence electrons. The highest BCUT2D eigenvalue weighted by Crippen LogP contribution is 2.18. The summed E-state index contributed by atoms with van der Waals surface area (Å²) >= 11 is 0. The Morgan fingerprint density at radius 2 is 2.04 bits per heavy atom. The second kappa shape index (κ2) is 7.28. The van der Waals surface area contributed by atoms with Crippen LogP contribution in [0.15, 0.2) is 15.9 Å². The van der Waals surface area contributed by atoms with Gasteiger partial charge in [0.15, 0.2) is 17.5 Å². The number of fused-ring (bicyclic) bond motifs is 1. The van der Waals surface area contributed by atoms with Gasteiger partial charge in [-0.3, -0.25) is 19.2 Å². The summed E-state index contributed by atoms with van der Waals surface area (Å²) in [5, 5.41) is 0. The Balaban J connectivity index is 0.00000182. The number of imidazole rings is 1. The number of ether oxygens (including phenoxy) is 2. The average Bonchev–Trinajstić information content (AvgIpc) is 3.27. The zero-order valence-electron chi connectivity index (χ0n) is 14.0. The standard InChI is InChI=1S/C15H21N5O4.ClH/c1-18-13-12(14(21)17-15(18)22)20(9-16-13)6-10-8-23-11(24-10)7-19-4-2-3-5-19;/h9-11H,2-8H2,1H3,(H,17,21,22);1H. The third kappa shape index (κ3) is 3.50. The normalized spacial score (nSPS) is 24.0. The lowest BCUT2D eigenvalue weighted by molar-refractivity contribution is -0.0742. The Bertz CT molecular complexity index is 854. The van der Waals surface area contributed by atoms with Crippen LogP contribution in [0.5, 0.6) is 0 Å². The third-order valence-electron chi connectivity index (χ3n) is 4.69. The highest BCUT2D eigenvalue weighted by molar-refractivity contribution is 5.85. The Hall–Kier alpha value is -1.68. The molecule has 2 saturated heterocycles. The Morgan fingerprint density at radius 1 is 1.28 bits per heavy atom. The second-order valence-corrected chi connectivity index (χ2v) is 6.42. The lowest BCUT2D eigenvalue weighted by Crippen LogP contribution is -2.32. The van der Waals surface area contributed by atoms with E-state index in [9.17, 15) is 9.59 Å². The summed E-state index contributed by atoms with van der Waals surface area (Å²) < 4.78 is 14.7. The van der Waals surface area contributed by atoms with Crippen LogP contribution in [0.3, 0.4) is 0 Å². The van der Waals surface area contributed by atoms with Gasteiger partial charge >= 0.3 is 5.69 Å². The van der Waals surface area contributed by atoms with Crippen LogP contribution >= 0.6 is 12.4 Å². The molecular formula is C15H22ClN5O4. The van der Waals surface area contributed by atoms with Crippen molar-refractivity contribution in [2.75, 3.05) is 26.2 Å². The number of likely N-dealkylation sites (tertiary alicyclic amines) is 1. The average molecular weight is 372 g/mol. The van der Waals surface area contributed by atoms with E-state index in [0.29, 0.717) is 24.3 Å². The molecule has 0 aliphatic carbocycles. The van der Waals surface area contributed by atoms with Gasteiger partial charge in [0.2, 0.25) is 0 Å². The first-order valence-electron chi connectivity index (χ1n) is 8.25. The molecule has 0 bridgehead atoms. The van der Waals surface area contributed by atoms with Crippen molar-refractivity contribution in [3.8, 4) is 0 Å². The van der Waals surface area contributed by atoms with E-state index in [4.69, 9.17) is 9.47 Å². The number of nitrogens with zero attached hydrogens (tertiary/aromatic N) is 4. The summed E-state index contributed by atoms with van der Waals surface area (Å²) in [7, 11) is 1.58. The summed E-state index contributed by atoms with van der Waals surface area (Å²) in [5.41, 5.74) is -0.151. The van der Waals surface area contributed by atoms with Crippen molar-refractivity contribution in [3.63, 3.8) is 0 Å². The summed E-state index contributed by atoms with van der Waals surface area (Å²) in [6.07, 6.45) is 3.69. The molecule has 4 heterocycles. The number of aryl methyl sites for hydroxylation is 1. The number of nitrogens with one attached hydrogen (secondary N) is 1. The molecule has 2 atom stereocenters. The quantitative estimate of drug-likeness (QED) is 0.791. The minimum Gasteiger partial charge on any atom is -0.349 e. The highest BCUT2D eigenvalue weighted by atomic mass is 35.5. The van der Waals surface area contributed by atoms with Crippen molar-refractivity contribution in [2.45, 2.75) is 31.8 Å². The molecule has 2 fully saturated rings. The number of hydrogen-bond donors (Lipinski definition) is 1. The highest BCUT2D eigenvalue weighted by Gasteiger charge is 2.29. The fraction of sp³-hybridized carbons (Fsp3) is 0.667. The van der Waals surface area contributed by atoms with Crippen molar-refractivity contribution in [2.24, 2.45) is 7.05 Å².